The first kappa shape index (κ1) is 13.2. The van der Waals surface area contributed by atoms with Gasteiger partial charge in [-0.25, -0.2) is 4.39 Å². The third kappa shape index (κ3) is 2.62. The fourth-order valence-corrected chi connectivity index (χ4v) is 2.03. The number of nitrogen functional groups attached to an aromatic ring is 1. The molecule has 3 nitrogen and oxygen atoms in total. The number of benzene rings is 2. The highest BCUT2D eigenvalue weighted by molar-refractivity contribution is 5.77. The minimum atomic E-state index is -0.436. The molecule has 0 aliphatic heterocycles. The van der Waals surface area contributed by atoms with Crippen molar-refractivity contribution in [3.8, 4) is 5.75 Å². The highest BCUT2D eigenvalue weighted by atomic mass is 19.1. The number of hydrogen-bond donors (Lipinski definition) is 2. The lowest BCUT2D eigenvalue weighted by Gasteiger charge is -2.16. The molecule has 0 radical (unpaired) electrons. The maximum Gasteiger partial charge on any atom is 0.148 e. The number of rotatable bonds is 3. The third-order valence-corrected chi connectivity index (χ3v) is 2.98. The third-order valence-electron chi connectivity index (χ3n) is 2.98. The van der Waals surface area contributed by atoms with Gasteiger partial charge in [-0.3, -0.25) is 0 Å². The SMILES string of the molecule is COc1cc(C)cc(C)c1Nc1cccc(F)c1N. The standard InChI is InChI=1S/C15H17FN2O/c1-9-7-10(2)15(13(8-9)19-3)18-12-6-4-5-11(16)14(12)17/h4-8,18H,17H2,1-3H3. The number of anilines is 3. The number of hydrogen-bond acceptors (Lipinski definition) is 3. The van der Waals surface area contributed by atoms with Crippen LogP contribution in [-0.4, -0.2) is 7.11 Å². The van der Waals surface area contributed by atoms with E-state index in [0.717, 1.165) is 16.8 Å². The van der Waals surface area contributed by atoms with E-state index in [1.807, 2.05) is 26.0 Å². The summed E-state index contributed by atoms with van der Waals surface area (Å²) in [7, 11) is 1.61. The minimum absolute atomic E-state index is 0.101. The number of ether oxygens (including phenoxy) is 1. The van der Waals surface area contributed by atoms with Gasteiger partial charge in [0.2, 0.25) is 0 Å². The van der Waals surface area contributed by atoms with E-state index in [1.165, 1.54) is 6.07 Å². The molecule has 0 heterocycles. The predicted octanol–water partition coefficient (Wildman–Crippen LogP) is 3.78. The first-order valence-electron chi connectivity index (χ1n) is 5.99. The number of para-hydroxylation sites is 1. The largest absolute Gasteiger partial charge is 0.495 e. The molecule has 0 amide bonds. The smallest absolute Gasteiger partial charge is 0.148 e. The molecule has 0 atom stereocenters. The Morgan fingerprint density at radius 3 is 2.63 bits per heavy atom. The van der Waals surface area contributed by atoms with Crippen molar-refractivity contribution in [2.75, 3.05) is 18.2 Å². The van der Waals surface area contributed by atoms with Crippen molar-refractivity contribution in [3.05, 3.63) is 47.3 Å². The molecular weight excluding hydrogens is 243 g/mol. The Balaban J connectivity index is 2.46. The van der Waals surface area contributed by atoms with Gasteiger partial charge in [0.15, 0.2) is 0 Å². The van der Waals surface area contributed by atoms with Crippen LogP contribution in [0.1, 0.15) is 11.1 Å². The molecule has 2 aromatic rings. The highest BCUT2D eigenvalue weighted by Crippen LogP contribution is 2.34. The first-order valence-corrected chi connectivity index (χ1v) is 5.99. The van der Waals surface area contributed by atoms with E-state index >= 15 is 0 Å². The molecule has 0 aromatic heterocycles. The first-order chi connectivity index (χ1) is 9.02. The van der Waals surface area contributed by atoms with Crippen LogP contribution in [0.4, 0.5) is 21.5 Å². The Hall–Kier alpha value is -2.23. The molecule has 19 heavy (non-hydrogen) atoms. The van der Waals surface area contributed by atoms with Gasteiger partial charge in [0.05, 0.1) is 24.2 Å². The average molecular weight is 260 g/mol. The summed E-state index contributed by atoms with van der Waals surface area (Å²) >= 11 is 0. The Bertz CT molecular complexity index is 611. The van der Waals surface area contributed by atoms with Gasteiger partial charge in [0.1, 0.15) is 11.6 Å². The Kier molecular flexibility index (Phi) is 3.60. The molecule has 0 aliphatic carbocycles. The van der Waals surface area contributed by atoms with Crippen molar-refractivity contribution in [2.45, 2.75) is 13.8 Å². The molecule has 0 saturated carbocycles. The second kappa shape index (κ2) is 5.18. The molecule has 0 saturated heterocycles. The highest BCUT2D eigenvalue weighted by Gasteiger charge is 2.11. The second-order valence-corrected chi connectivity index (χ2v) is 4.49. The summed E-state index contributed by atoms with van der Waals surface area (Å²) in [6, 6.07) is 8.63. The molecule has 0 aliphatic rings. The lowest BCUT2D eigenvalue weighted by Crippen LogP contribution is -2.02. The van der Waals surface area contributed by atoms with Crippen LogP contribution in [0.2, 0.25) is 0 Å². The van der Waals surface area contributed by atoms with Crippen LogP contribution in [0.5, 0.6) is 5.75 Å². The van der Waals surface area contributed by atoms with Crippen LogP contribution >= 0.6 is 0 Å². The van der Waals surface area contributed by atoms with Crippen molar-refractivity contribution >= 4 is 17.1 Å². The molecule has 2 aromatic carbocycles. The van der Waals surface area contributed by atoms with Crippen molar-refractivity contribution in [1.82, 2.24) is 0 Å². The summed E-state index contributed by atoms with van der Waals surface area (Å²) in [5, 5.41) is 3.14. The normalized spacial score (nSPS) is 10.3. The van der Waals surface area contributed by atoms with Crippen LogP contribution in [0.25, 0.3) is 0 Å². The Labute approximate surface area is 112 Å². The quantitative estimate of drug-likeness (QED) is 0.826. The lowest BCUT2D eigenvalue weighted by molar-refractivity contribution is 0.416. The van der Waals surface area contributed by atoms with Gasteiger partial charge in [-0.05, 0) is 43.2 Å². The van der Waals surface area contributed by atoms with Gasteiger partial charge in [0.25, 0.3) is 0 Å². The fourth-order valence-electron chi connectivity index (χ4n) is 2.03. The summed E-state index contributed by atoms with van der Waals surface area (Å²) in [6.45, 7) is 3.96. The maximum absolute atomic E-state index is 13.4. The topological polar surface area (TPSA) is 47.3 Å². The van der Waals surface area contributed by atoms with Crippen LogP contribution in [0, 0.1) is 19.7 Å². The number of halogens is 1. The lowest BCUT2D eigenvalue weighted by atomic mass is 10.1. The zero-order chi connectivity index (χ0) is 14.0. The van der Waals surface area contributed by atoms with Gasteiger partial charge in [-0.15, -0.1) is 0 Å². The van der Waals surface area contributed by atoms with E-state index < -0.39 is 5.82 Å². The molecule has 2 rings (SSSR count). The number of aryl methyl sites for hydroxylation is 2. The van der Waals surface area contributed by atoms with E-state index in [4.69, 9.17) is 10.5 Å². The van der Waals surface area contributed by atoms with E-state index in [-0.39, 0.29) is 5.69 Å². The Morgan fingerprint density at radius 2 is 1.95 bits per heavy atom. The molecule has 100 valence electrons. The minimum Gasteiger partial charge on any atom is -0.495 e. The number of nitrogens with one attached hydrogen (secondary N) is 1. The molecule has 0 spiro atoms. The van der Waals surface area contributed by atoms with Crippen molar-refractivity contribution in [2.24, 2.45) is 0 Å². The summed E-state index contributed by atoms with van der Waals surface area (Å²) in [5.41, 5.74) is 9.27. The van der Waals surface area contributed by atoms with Crippen molar-refractivity contribution in [1.29, 1.82) is 0 Å². The van der Waals surface area contributed by atoms with Gasteiger partial charge < -0.3 is 15.8 Å². The second-order valence-electron chi connectivity index (χ2n) is 4.49. The zero-order valence-electron chi connectivity index (χ0n) is 11.3. The average Bonchev–Trinajstić information content (AvgIpc) is 2.37. The van der Waals surface area contributed by atoms with Gasteiger partial charge in [-0.1, -0.05) is 12.1 Å². The van der Waals surface area contributed by atoms with Gasteiger partial charge >= 0.3 is 0 Å². The van der Waals surface area contributed by atoms with Crippen molar-refractivity contribution < 1.29 is 9.13 Å². The fraction of sp³-hybridized carbons (Fsp3) is 0.200. The molecule has 0 bridgehead atoms. The van der Waals surface area contributed by atoms with E-state index in [9.17, 15) is 4.39 Å². The van der Waals surface area contributed by atoms with Gasteiger partial charge in [-0.2, -0.15) is 0 Å². The predicted molar refractivity (Wildman–Crippen MR) is 76.6 cm³/mol. The van der Waals surface area contributed by atoms with Crippen LogP contribution in [0.15, 0.2) is 30.3 Å². The molecule has 3 N–H and O–H groups in total. The van der Waals surface area contributed by atoms with E-state index in [2.05, 4.69) is 5.32 Å². The molecule has 4 heteroatoms. The zero-order valence-corrected chi connectivity index (χ0v) is 11.3. The van der Waals surface area contributed by atoms with Gasteiger partial charge in [0, 0.05) is 0 Å². The summed E-state index contributed by atoms with van der Waals surface area (Å²) in [6.07, 6.45) is 0. The molecular formula is C15H17FN2O. The van der Waals surface area contributed by atoms with E-state index in [0.29, 0.717) is 11.4 Å². The van der Waals surface area contributed by atoms with Crippen LogP contribution < -0.4 is 15.8 Å². The van der Waals surface area contributed by atoms with Crippen molar-refractivity contribution in [3.63, 3.8) is 0 Å². The number of nitrogens with two attached hydrogens (primary N) is 1. The van der Waals surface area contributed by atoms with Crippen LogP contribution in [0.3, 0.4) is 0 Å². The van der Waals surface area contributed by atoms with Crippen LogP contribution in [-0.2, 0) is 0 Å². The molecule has 0 unspecified atom stereocenters. The summed E-state index contributed by atoms with van der Waals surface area (Å²) in [4.78, 5) is 0. The molecule has 0 fully saturated rings. The van der Waals surface area contributed by atoms with E-state index in [1.54, 1.807) is 19.2 Å². The maximum atomic E-state index is 13.4. The summed E-state index contributed by atoms with van der Waals surface area (Å²) < 4.78 is 18.8. The summed E-state index contributed by atoms with van der Waals surface area (Å²) in [5.74, 6) is 0.273. The Morgan fingerprint density at radius 1 is 1.21 bits per heavy atom. The number of methoxy groups -OCH3 is 1. The monoisotopic (exact) mass is 260 g/mol.